The van der Waals surface area contributed by atoms with Crippen LogP contribution in [-0.2, 0) is 28.7 Å². The molecule has 6 heteroatoms. The average Bonchev–Trinajstić information content (AvgIpc) is 2.47. The Morgan fingerprint density at radius 2 is 1.19 bits per heavy atom. The fraction of sp³-hybridized carbons (Fsp3) is 0.400. The fourth-order valence-electron chi connectivity index (χ4n) is 1.07. The van der Waals surface area contributed by atoms with Gasteiger partial charge < -0.3 is 9.47 Å². The molecular formula is C10H10O6. The highest BCUT2D eigenvalue weighted by molar-refractivity contribution is 6.04. The van der Waals surface area contributed by atoms with Crippen molar-refractivity contribution in [2.24, 2.45) is 0 Å². The summed E-state index contributed by atoms with van der Waals surface area (Å²) in [5, 5.41) is 0. The number of carbonyl (C=O) groups is 4. The van der Waals surface area contributed by atoms with Crippen molar-refractivity contribution in [2.45, 2.75) is 25.7 Å². The number of hydrogen-bond donors (Lipinski definition) is 0. The summed E-state index contributed by atoms with van der Waals surface area (Å²) in [6, 6.07) is 0. The second-order valence-electron chi connectivity index (χ2n) is 3.13. The van der Waals surface area contributed by atoms with Crippen molar-refractivity contribution in [1.29, 1.82) is 0 Å². The lowest BCUT2D eigenvalue weighted by Crippen LogP contribution is -2.07. The van der Waals surface area contributed by atoms with Gasteiger partial charge in [-0.1, -0.05) is 0 Å². The van der Waals surface area contributed by atoms with Crippen molar-refractivity contribution in [3.8, 4) is 0 Å². The first-order chi connectivity index (χ1) is 7.58. The molecule has 0 spiro atoms. The third kappa shape index (κ3) is 4.50. The molecule has 0 aromatic heterocycles. The smallest absolute Gasteiger partial charge is 0.338 e. The maximum absolute atomic E-state index is 10.5. The van der Waals surface area contributed by atoms with E-state index >= 15 is 0 Å². The number of hydrogen-bond acceptors (Lipinski definition) is 6. The second-order valence-corrected chi connectivity index (χ2v) is 3.13. The summed E-state index contributed by atoms with van der Waals surface area (Å²) in [7, 11) is 0. The molecule has 2 aliphatic heterocycles. The normalized spacial score (nSPS) is 19.5. The molecule has 2 rings (SSSR count). The van der Waals surface area contributed by atoms with Crippen LogP contribution in [-0.4, -0.2) is 23.9 Å². The minimum atomic E-state index is -0.579. The minimum Gasteiger partial charge on any atom is -0.393 e. The van der Waals surface area contributed by atoms with E-state index in [2.05, 4.69) is 9.47 Å². The van der Waals surface area contributed by atoms with Gasteiger partial charge in [-0.2, -0.15) is 0 Å². The molecule has 0 aromatic carbocycles. The van der Waals surface area contributed by atoms with Gasteiger partial charge in [-0.25, -0.2) is 9.59 Å². The average molecular weight is 226 g/mol. The summed E-state index contributed by atoms with van der Waals surface area (Å²) in [6.07, 6.45) is 4.53. The standard InChI is InChI=1S/C6H8O3.C4H2O3/c7-5-3-1-2-4-6(8)9-5;5-3-1-2-4(6)7-3/h1-4H2;1-2H. The number of rotatable bonds is 0. The van der Waals surface area contributed by atoms with E-state index in [1.165, 1.54) is 0 Å². The Hall–Kier alpha value is -1.98. The Morgan fingerprint density at radius 1 is 0.750 bits per heavy atom. The first kappa shape index (κ1) is 12.1. The molecule has 0 radical (unpaired) electrons. The van der Waals surface area contributed by atoms with E-state index in [9.17, 15) is 19.2 Å². The quantitative estimate of drug-likeness (QED) is 0.435. The highest BCUT2D eigenvalue weighted by atomic mass is 16.6. The summed E-state index contributed by atoms with van der Waals surface area (Å²) in [5.74, 6) is -1.91. The van der Waals surface area contributed by atoms with Gasteiger partial charge in [0.2, 0.25) is 0 Å². The lowest BCUT2D eigenvalue weighted by Gasteiger charge is -1.92. The van der Waals surface area contributed by atoms with Gasteiger partial charge in [0.25, 0.3) is 0 Å². The summed E-state index contributed by atoms with van der Waals surface area (Å²) < 4.78 is 8.31. The Kier molecular flexibility index (Phi) is 4.38. The van der Waals surface area contributed by atoms with E-state index in [1.54, 1.807) is 0 Å². The van der Waals surface area contributed by atoms with Crippen LogP contribution in [0.25, 0.3) is 0 Å². The topological polar surface area (TPSA) is 86.7 Å². The molecule has 0 bridgehead atoms. The molecule has 0 aliphatic carbocycles. The Balaban J connectivity index is 0.000000165. The summed E-state index contributed by atoms with van der Waals surface area (Å²) in [6.45, 7) is 0. The molecule has 1 fully saturated rings. The third-order valence-corrected chi connectivity index (χ3v) is 1.80. The van der Waals surface area contributed by atoms with Gasteiger partial charge in [0.05, 0.1) is 0 Å². The third-order valence-electron chi connectivity index (χ3n) is 1.80. The molecule has 6 nitrogen and oxygen atoms in total. The highest BCUT2D eigenvalue weighted by Crippen LogP contribution is 2.07. The van der Waals surface area contributed by atoms with Crippen LogP contribution < -0.4 is 0 Å². The molecule has 86 valence electrons. The number of carbonyl (C=O) groups excluding carboxylic acids is 4. The molecule has 0 N–H and O–H groups in total. The van der Waals surface area contributed by atoms with Gasteiger partial charge in [0.15, 0.2) is 0 Å². The van der Waals surface area contributed by atoms with E-state index in [0.717, 1.165) is 25.0 Å². The van der Waals surface area contributed by atoms with Crippen LogP contribution in [0.1, 0.15) is 25.7 Å². The molecule has 0 atom stereocenters. The number of ether oxygens (including phenoxy) is 2. The lowest BCUT2D eigenvalue weighted by molar-refractivity contribution is -0.158. The molecular weight excluding hydrogens is 216 g/mol. The maximum Gasteiger partial charge on any atom is 0.338 e. The van der Waals surface area contributed by atoms with Crippen LogP contribution in [0.5, 0.6) is 0 Å². The predicted octanol–water partition coefficient (Wildman–Crippen LogP) is 0.256. The SMILES string of the molecule is O=C1C=CC(=O)O1.O=C1CCCCC(=O)O1. The maximum atomic E-state index is 10.5. The molecule has 0 amide bonds. The highest BCUT2D eigenvalue weighted by Gasteiger charge is 2.14. The van der Waals surface area contributed by atoms with Crippen LogP contribution in [0, 0.1) is 0 Å². The minimum absolute atomic E-state index is 0.377. The van der Waals surface area contributed by atoms with E-state index in [1.807, 2.05) is 0 Å². The zero-order valence-electron chi connectivity index (χ0n) is 8.43. The van der Waals surface area contributed by atoms with E-state index in [0.29, 0.717) is 12.8 Å². The first-order valence-electron chi connectivity index (χ1n) is 4.75. The zero-order valence-corrected chi connectivity index (χ0v) is 8.43. The zero-order chi connectivity index (χ0) is 12.0. The summed E-state index contributed by atoms with van der Waals surface area (Å²) >= 11 is 0. The monoisotopic (exact) mass is 226 g/mol. The van der Waals surface area contributed by atoms with E-state index in [4.69, 9.17) is 0 Å². The van der Waals surface area contributed by atoms with Crippen molar-refractivity contribution in [1.82, 2.24) is 0 Å². The van der Waals surface area contributed by atoms with Crippen molar-refractivity contribution in [3.05, 3.63) is 12.2 Å². The van der Waals surface area contributed by atoms with Crippen LogP contribution in [0.2, 0.25) is 0 Å². The molecule has 0 saturated carbocycles. The van der Waals surface area contributed by atoms with E-state index in [-0.39, 0.29) is 11.9 Å². The van der Waals surface area contributed by atoms with Gasteiger partial charge in [0, 0.05) is 25.0 Å². The molecule has 2 heterocycles. The van der Waals surface area contributed by atoms with Crippen molar-refractivity contribution >= 4 is 23.9 Å². The van der Waals surface area contributed by atoms with Crippen LogP contribution in [0.3, 0.4) is 0 Å². The van der Waals surface area contributed by atoms with Gasteiger partial charge in [-0.15, -0.1) is 0 Å². The largest absolute Gasteiger partial charge is 0.393 e. The van der Waals surface area contributed by atoms with Gasteiger partial charge in [-0.05, 0) is 12.8 Å². The Labute approximate surface area is 91.2 Å². The van der Waals surface area contributed by atoms with Gasteiger partial charge in [-0.3, -0.25) is 9.59 Å². The molecule has 0 unspecified atom stereocenters. The second kappa shape index (κ2) is 5.79. The summed E-state index contributed by atoms with van der Waals surface area (Å²) in [5.41, 5.74) is 0. The molecule has 2 aliphatic rings. The fourth-order valence-corrected chi connectivity index (χ4v) is 1.07. The molecule has 1 saturated heterocycles. The number of esters is 4. The van der Waals surface area contributed by atoms with Crippen LogP contribution >= 0.6 is 0 Å². The van der Waals surface area contributed by atoms with Crippen molar-refractivity contribution in [2.75, 3.05) is 0 Å². The summed E-state index contributed by atoms with van der Waals surface area (Å²) in [4.78, 5) is 40.7. The van der Waals surface area contributed by atoms with Gasteiger partial charge >= 0.3 is 23.9 Å². The first-order valence-corrected chi connectivity index (χ1v) is 4.75. The van der Waals surface area contributed by atoms with E-state index < -0.39 is 11.9 Å². The van der Waals surface area contributed by atoms with Crippen molar-refractivity contribution < 1.29 is 28.7 Å². The lowest BCUT2D eigenvalue weighted by atomic mass is 10.2. The molecule has 16 heavy (non-hydrogen) atoms. The van der Waals surface area contributed by atoms with Crippen LogP contribution in [0.15, 0.2) is 12.2 Å². The predicted molar refractivity (Wildman–Crippen MR) is 49.8 cm³/mol. The number of cyclic esters (lactones) is 4. The van der Waals surface area contributed by atoms with Gasteiger partial charge in [0.1, 0.15) is 0 Å². The molecule has 0 aromatic rings. The van der Waals surface area contributed by atoms with Crippen molar-refractivity contribution in [3.63, 3.8) is 0 Å². The van der Waals surface area contributed by atoms with Crippen LogP contribution in [0.4, 0.5) is 0 Å². The Morgan fingerprint density at radius 3 is 1.50 bits per heavy atom. The Bertz CT molecular complexity index is 322.